The Hall–Kier alpha value is -4.16. The number of aliphatic hydroxyl groups excluding tert-OH is 1. The van der Waals surface area contributed by atoms with Crippen molar-refractivity contribution in [3.8, 4) is 11.8 Å². The molecule has 0 saturated heterocycles. The molecule has 0 radical (unpaired) electrons. The van der Waals surface area contributed by atoms with Crippen molar-refractivity contribution in [1.82, 2.24) is 16.1 Å². The standard InChI is InChI=1S/C29H32N4O4/c1-20(34)27(29(36)32-37)31-28(35)25-14-10-22(11-15-25)5-4-21-6-8-23(9-7-21)18-30-19-24-12-16-26(17-13-24)33(2)3/h6-17,20,27,30,34,37H,18-19H2,1-3H3,(H,31,35)(H,32,36)/t20-,27+/m1/s1. The summed E-state index contributed by atoms with van der Waals surface area (Å²) in [5, 5.41) is 24.3. The maximum atomic E-state index is 12.4. The molecule has 2 amide bonds. The fraction of sp³-hybridized carbons (Fsp3) is 0.241. The zero-order valence-corrected chi connectivity index (χ0v) is 21.2. The summed E-state index contributed by atoms with van der Waals surface area (Å²) < 4.78 is 0. The number of hydrogen-bond acceptors (Lipinski definition) is 6. The Kier molecular flexibility index (Phi) is 9.81. The Morgan fingerprint density at radius 1 is 0.838 bits per heavy atom. The number of carbonyl (C=O) groups is 2. The average molecular weight is 501 g/mol. The van der Waals surface area contributed by atoms with E-state index >= 15 is 0 Å². The van der Waals surface area contributed by atoms with Crippen LogP contribution in [0.25, 0.3) is 0 Å². The van der Waals surface area contributed by atoms with E-state index in [0.29, 0.717) is 5.56 Å². The molecule has 3 rings (SSSR count). The maximum Gasteiger partial charge on any atom is 0.268 e. The van der Waals surface area contributed by atoms with Crippen LogP contribution in [0.15, 0.2) is 72.8 Å². The van der Waals surface area contributed by atoms with Gasteiger partial charge >= 0.3 is 0 Å². The van der Waals surface area contributed by atoms with E-state index in [9.17, 15) is 14.7 Å². The van der Waals surface area contributed by atoms with Gasteiger partial charge < -0.3 is 20.6 Å². The molecule has 3 aromatic carbocycles. The van der Waals surface area contributed by atoms with E-state index in [0.717, 1.165) is 29.8 Å². The summed E-state index contributed by atoms with van der Waals surface area (Å²) in [5.41, 5.74) is 6.90. The Morgan fingerprint density at radius 2 is 1.32 bits per heavy atom. The maximum absolute atomic E-state index is 12.4. The van der Waals surface area contributed by atoms with Crippen LogP contribution in [0.3, 0.4) is 0 Å². The first-order valence-electron chi connectivity index (χ1n) is 11.9. The van der Waals surface area contributed by atoms with Crippen molar-refractivity contribution in [1.29, 1.82) is 0 Å². The van der Waals surface area contributed by atoms with Crippen molar-refractivity contribution in [2.24, 2.45) is 0 Å². The molecule has 0 aliphatic carbocycles. The number of nitrogens with zero attached hydrogens (tertiary/aromatic N) is 1. The van der Waals surface area contributed by atoms with Gasteiger partial charge in [0.1, 0.15) is 6.04 Å². The second kappa shape index (κ2) is 13.2. The molecule has 0 bridgehead atoms. The molecule has 0 fully saturated rings. The first-order valence-corrected chi connectivity index (χ1v) is 11.9. The van der Waals surface area contributed by atoms with Gasteiger partial charge in [-0.05, 0) is 66.6 Å². The monoisotopic (exact) mass is 500 g/mol. The minimum Gasteiger partial charge on any atom is -0.391 e. The average Bonchev–Trinajstić information content (AvgIpc) is 2.91. The Labute approximate surface area is 217 Å². The van der Waals surface area contributed by atoms with Gasteiger partial charge in [-0.2, -0.15) is 0 Å². The fourth-order valence-corrected chi connectivity index (χ4v) is 3.52. The molecule has 0 heterocycles. The zero-order valence-electron chi connectivity index (χ0n) is 21.2. The van der Waals surface area contributed by atoms with Crippen LogP contribution in [0, 0.1) is 11.8 Å². The Morgan fingerprint density at radius 3 is 1.78 bits per heavy atom. The second-order valence-corrected chi connectivity index (χ2v) is 8.86. The number of hydroxylamine groups is 1. The lowest BCUT2D eigenvalue weighted by molar-refractivity contribution is -0.133. The second-order valence-electron chi connectivity index (χ2n) is 8.86. The Bertz CT molecular complexity index is 1240. The number of anilines is 1. The molecule has 8 heteroatoms. The summed E-state index contributed by atoms with van der Waals surface area (Å²) in [6, 6.07) is 21.8. The van der Waals surface area contributed by atoms with Gasteiger partial charge in [0.05, 0.1) is 6.10 Å². The number of aliphatic hydroxyl groups is 1. The summed E-state index contributed by atoms with van der Waals surface area (Å²) in [6.07, 6.45) is -1.18. The van der Waals surface area contributed by atoms with Crippen LogP contribution in [-0.4, -0.2) is 48.4 Å². The summed E-state index contributed by atoms with van der Waals surface area (Å²) in [5.74, 6) is 4.73. The van der Waals surface area contributed by atoms with Crippen molar-refractivity contribution in [2.45, 2.75) is 32.2 Å². The molecule has 3 aromatic rings. The minimum atomic E-state index is -1.27. The van der Waals surface area contributed by atoms with Crippen LogP contribution in [0.2, 0.25) is 0 Å². The third-order valence-electron chi connectivity index (χ3n) is 5.72. The molecule has 8 nitrogen and oxygen atoms in total. The summed E-state index contributed by atoms with van der Waals surface area (Å²) in [4.78, 5) is 26.0. The van der Waals surface area contributed by atoms with E-state index in [4.69, 9.17) is 5.21 Å². The van der Waals surface area contributed by atoms with E-state index in [2.05, 4.69) is 51.6 Å². The minimum absolute atomic E-state index is 0.299. The predicted octanol–water partition coefficient (Wildman–Crippen LogP) is 2.43. The molecule has 0 aliphatic heterocycles. The number of hydrogen-bond donors (Lipinski definition) is 5. The normalized spacial score (nSPS) is 12.0. The molecule has 0 aromatic heterocycles. The van der Waals surface area contributed by atoms with Crippen molar-refractivity contribution in [3.63, 3.8) is 0 Å². The Balaban J connectivity index is 1.52. The lowest BCUT2D eigenvalue weighted by Gasteiger charge is -2.19. The topological polar surface area (TPSA) is 114 Å². The summed E-state index contributed by atoms with van der Waals surface area (Å²) >= 11 is 0. The number of nitrogens with one attached hydrogen (secondary N) is 3. The highest BCUT2D eigenvalue weighted by Gasteiger charge is 2.25. The van der Waals surface area contributed by atoms with Crippen LogP contribution in [0.1, 0.15) is 39.5 Å². The SMILES string of the molecule is C[C@@H](O)[C@H](NC(=O)c1ccc(C#Cc2ccc(CNCc3ccc(N(C)C)cc3)cc2)cc1)C(=O)NO. The smallest absolute Gasteiger partial charge is 0.268 e. The third-order valence-corrected chi connectivity index (χ3v) is 5.72. The fourth-order valence-electron chi connectivity index (χ4n) is 3.52. The quantitative estimate of drug-likeness (QED) is 0.175. The van der Waals surface area contributed by atoms with Crippen molar-refractivity contribution >= 4 is 17.5 Å². The first kappa shape index (κ1) is 27.4. The van der Waals surface area contributed by atoms with Crippen molar-refractivity contribution in [3.05, 3.63) is 101 Å². The van der Waals surface area contributed by atoms with Crippen molar-refractivity contribution in [2.75, 3.05) is 19.0 Å². The third kappa shape index (κ3) is 8.19. The molecule has 0 unspecified atom stereocenters. The molecule has 5 N–H and O–H groups in total. The van der Waals surface area contributed by atoms with Gasteiger partial charge in [0.2, 0.25) is 0 Å². The summed E-state index contributed by atoms with van der Waals surface area (Å²) in [7, 11) is 4.05. The number of amides is 2. The van der Waals surface area contributed by atoms with Crippen LogP contribution < -0.4 is 21.0 Å². The number of benzene rings is 3. The van der Waals surface area contributed by atoms with Crippen LogP contribution in [-0.2, 0) is 17.9 Å². The van der Waals surface area contributed by atoms with Crippen LogP contribution in [0.5, 0.6) is 0 Å². The van der Waals surface area contributed by atoms with Crippen LogP contribution >= 0.6 is 0 Å². The molecule has 192 valence electrons. The molecule has 2 atom stereocenters. The zero-order chi connectivity index (χ0) is 26.8. The van der Waals surface area contributed by atoms with Gasteiger partial charge in [-0.1, -0.05) is 36.1 Å². The van der Waals surface area contributed by atoms with Gasteiger partial charge in [-0.15, -0.1) is 0 Å². The highest BCUT2D eigenvalue weighted by atomic mass is 16.5. The largest absolute Gasteiger partial charge is 0.391 e. The lowest BCUT2D eigenvalue weighted by Crippen LogP contribution is -2.51. The van der Waals surface area contributed by atoms with Gasteiger partial charge in [0, 0.05) is 49.6 Å². The van der Waals surface area contributed by atoms with Gasteiger partial charge in [0.15, 0.2) is 0 Å². The first-order chi connectivity index (χ1) is 17.8. The number of rotatable bonds is 9. The van der Waals surface area contributed by atoms with E-state index in [-0.39, 0.29) is 0 Å². The van der Waals surface area contributed by atoms with E-state index in [1.54, 1.807) is 24.3 Å². The van der Waals surface area contributed by atoms with Crippen LogP contribution in [0.4, 0.5) is 5.69 Å². The molecule has 0 aliphatic rings. The van der Waals surface area contributed by atoms with Gasteiger partial charge in [-0.3, -0.25) is 14.8 Å². The molecule has 0 spiro atoms. The number of carbonyl (C=O) groups excluding carboxylic acids is 2. The van der Waals surface area contributed by atoms with E-state index in [1.165, 1.54) is 23.7 Å². The predicted molar refractivity (Wildman–Crippen MR) is 143 cm³/mol. The molecular formula is C29H32N4O4. The van der Waals surface area contributed by atoms with Gasteiger partial charge in [-0.25, -0.2) is 5.48 Å². The molecular weight excluding hydrogens is 468 g/mol. The van der Waals surface area contributed by atoms with E-state index in [1.807, 2.05) is 38.4 Å². The molecule has 37 heavy (non-hydrogen) atoms. The van der Waals surface area contributed by atoms with Gasteiger partial charge in [0.25, 0.3) is 11.8 Å². The van der Waals surface area contributed by atoms with E-state index < -0.39 is 24.0 Å². The highest BCUT2D eigenvalue weighted by Crippen LogP contribution is 2.12. The highest BCUT2D eigenvalue weighted by molar-refractivity contribution is 5.97. The van der Waals surface area contributed by atoms with Crippen molar-refractivity contribution < 1.29 is 19.9 Å². The molecule has 0 saturated carbocycles. The lowest BCUT2D eigenvalue weighted by atomic mass is 10.1. The summed E-state index contributed by atoms with van der Waals surface area (Å²) in [6.45, 7) is 2.88.